The minimum atomic E-state index is -0.0688. The lowest BCUT2D eigenvalue weighted by Crippen LogP contribution is -2.37. The summed E-state index contributed by atoms with van der Waals surface area (Å²) in [5.41, 5.74) is 2.02. The number of amides is 1. The first-order valence-electron chi connectivity index (χ1n) is 6.91. The number of rotatable bonds is 6. The third-order valence-corrected chi connectivity index (χ3v) is 3.27. The van der Waals surface area contributed by atoms with E-state index in [0.29, 0.717) is 19.5 Å². The van der Waals surface area contributed by atoms with Crippen molar-refractivity contribution in [2.24, 2.45) is 5.16 Å². The molecule has 1 atom stereocenters. The minimum Gasteiger partial charge on any atom is -0.390 e. The maximum atomic E-state index is 11.8. The van der Waals surface area contributed by atoms with Crippen LogP contribution in [0.4, 0.5) is 0 Å². The smallest absolute Gasteiger partial charge is 0.222 e. The van der Waals surface area contributed by atoms with Crippen LogP contribution in [-0.2, 0) is 9.63 Å². The molecule has 0 aromatic heterocycles. The summed E-state index contributed by atoms with van der Waals surface area (Å²) in [6.45, 7) is 6.65. The van der Waals surface area contributed by atoms with Crippen molar-refractivity contribution in [1.82, 2.24) is 4.90 Å². The number of hydrogen-bond acceptors (Lipinski definition) is 3. The van der Waals surface area contributed by atoms with E-state index in [1.54, 1.807) is 11.0 Å². The fourth-order valence-electron chi connectivity index (χ4n) is 2.23. The molecule has 0 spiro atoms. The fourth-order valence-corrected chi connectivity index (χ4v) is 2.23. The average molecular weight is 272 g/mol. The predicted molar refractivity (Wildman–Crippen MR) is 79.5 cm³/mol. The van der Waals surface area contributed by atoms with E-state index in [2.05, 4.69) is 11.7 Å². The van der Waals surface area contributed by atoms with Crippen LogP contribution in [0.15, 0.2) is 48.1 Å². The Balaban J connectivity index is 1.94. The highest BCUT2D eigenvalue weighted by molar-refractivity contribution is 6.01. The summed E-state index contributed by atoms with van der Waals surface area (Å²) >= 11 is 0. The molecule has 0 saturated heterocycles. The van der Waals surface area contributed by atoms with Gasteiger partial charge in [0.25, 0.3) is 0 Å². The van der Waals surface area contributed by atoms with Crippen molar-refractivity contribution >= 4 is 11.6 Å². The van der Waals surface area contributed by atoms with Crippen LogP contribution in [-0.4, -0.2) is 35.7 Å². The molecule has 1 aliphatic rings. The third-order valence-electron chi connectivity index (χ3n) is 3.27. The van der Waals surface area contributed by atoms with Gasteiger partial charge in [-0.25, -0.2) is 0 Å². The van der Waals surface area contributed by atoms with Crippen LogP contribution in [0.2, 0.25) is 0 Å². The first-order chi connectivity index (χ1) is 9.74. The highest BCUT2D eigenvalue weighted by Crippen LogP contribution is 2.17. The molecular weight excluding hydrogens is 252 g/mol. The zero-order chi connectivity index (χ0) is 14.4. The number of carbonyl (C=O) groups is 1. The average Bonchev–Trinajstić information content (AvgIpc) is 2.95. The number of oxime groups is 1. The molecule has 4 nitrogen and oxygen atoms in total. The Hall–Kier alpha value is -2.10. The Morgan fingerprint density at radius 2 is 2.25 bits per heavy atom. The normalized spacial score (nSPS) is 17.2. The van der Waals surface area contributed by atoms with Crippen LogP contribution in [0.25, 0.3) is 0 Å². The van der Waals surface area contributed by atoms with Crippen LogP contribution < -0.4 is 0 Å². The SMILES string of the molecule is C=CCN(C[C@H]1CC(c2ccccc2)=NO1)C(=O)CC. The summed E-state index contributed by atoms with van der Waals surface area (Å²) < 4.78 is 0. The van der Waals surface area contributed by atoms with Crippen molar-refractivity contribution in [1.29, 1.82) is 0 Å². The van der Waals surface area contributed by atoms with E-state index in [1.165, 1.54) is 0 Å². The third kappa shape index (κ3) is 3.47. The number of nitrogens with zero attached hydrogens (tertiary/aromatic N) is 2. The van der Waals surface area contributed by atoms with E-state index in [4.69, 9.17) is 4.84 Å². The van der Waals surface area contributed by atoms with Crippen LogP contribution in [0, 0.1) is 0 Å². The molecule has 1 aromatic carbocycles. The number of carbonyl (C=O) groups excluding carboxylic acids is 1. The topological polar surface area (TPSA) is 41.9 Å². The summed E-state index contributed by atoms with van der Waals surface area (Å²) in [6, 6.07) is 9.97. The molecule has 4 heteroatoms. The summed E-state index contributed by atoms with van der Waals surface area (Å²) in [4.78, 5) is 19.0. The van der Waals surface area contributed by atoms with Gasteiger partial charge in [0.1, 0.15) is 0 Å². The van der Waals surface area contributed by atoms with Crippen LogP contribution in [0.1, 0.15) is 25.3 Å². The van der Waals surface area contributed by atoms with E-state index in [-0.39, 0.29) is 12.0 Å². The van der Waals surface area contributed by atoms with Gasteiger partial charge in [0, 0.05) is 19.4 Å². The maximum absolute atomic E-state index is 11.8. The Bertz CT molecular complexity index is 496. The minimum absolute atomic E-state index is 0.0688. The van der Waals surface area contributed by atoms with Crippen molar-refractivity contribution in [2.75, 3.05) is 13.1 Å². The predicted octanol–water partition coefficient (Wildman–Crippen LogP) is 2.60. The molecule has 106 valence electrons. The van der Waals surface area contributed by atoms with Gasteiger partial charge in [0.2, 0.25) is 5.91 Å². The second-order valence-electron chi connectivity index (χ2n) is 4.78. The van der Waals surface area contributed by atoms with Crippen molar-refractivity contribution in [3.8, 4) is 0 Å². The first kappa shape index (κ1) is 14.3. The summed E-state index contributed by atoms with van der Waals surface area (Å²) in [5.74, 6) is 0.113. The molecule has 1 aliphatic heterocycles. The standard InChI is InChI=1S/C16H20N2O2/c1-3-10-18(16(19)4-2)12-14-11-15(17-20-14)13-8-6-5-7-9-13/h3,5-9,14H,1,4,10-12H2,2H3/t14-/m1/s1. The largest absolute Gasteiger partial charge is 0.390 e. The molecule has 0 bridgehead atoms. The lowest BCUT2D eigenvalue weighted by atomic mass is 10.0. The molecule has 1 heterocycles. The number of benzene rings is 1. The first-order valence-corrected chi connectivity index (χ1v) is 6.91. The Labute approximate surface area is 119 Å². The maximum Gasteiger partial charge on any atom is 0.222 e. The molecule has 1 aromatic rings. The lowest BCUT2D eigenvalue weighted by Gasteiger charge is -2.22. The number of hydrogen-bond donors (Lipinski definition) is 0. The Kier molecular flexibility index (Phi) is 4.93. The highest BCUT2D eigenvalue weighted by atomic mass is 16.6. The van der Waals surface area contributed by atoms with E-state index in [1.807, 2.05) is 37.3 Å². The van der Waals surface area contributed by atoms with Crippen molar-refractivity contribution in [3.05, 3.63) is 48.6 Å². The second-order valence-corrected chi connectivity index (χ2v) is 4.78. The van der Waals surface area contributed by atoms with Gasteiger partial charge in [-0.1, -0.05) is 48.5 Å². The quantitative estimate of drug-likeness (QED) is 0.747. The summed E-state index contributed by atoms with van der Waals surface area (Å²) in [6.07, 6.45) is 2.89. The van der Waals surface area contributed by atoms with E-state index in [0.717, 1.165) is 17.7 Å². The molecule has 0 unspecified atom stereocenters. The molecule has 1 amide bonds. The summed E-state index contributed by atoms with van der Waals surface area (Å²) in [5, 5.41) is 4.14. The molecule has 0 fully saturated rings. The molecule has 2 rings (SSSR count). The van der Waals surface area contributed by atoms with Crippen molar-refractivity contribution < 1.29 is 9.63 Å². The van der Waals surface area contributed by atoms with Crippen molar-refractivity contribution in [3.63, 3.8) is 0 Å². The molecule has 0 aliphatic carbocycles. The molecule has 0 saturated carbocycles. The van der Waals surface area contributed by atoms with Crippen LogP contribution in [0.3, 0.4) is 0 Å². The van der Waals surface area contributed by atoms with E-state index in [9.17, 15) is 4.79 Å². The lowest BCUT2D eigenvalue weighted by molar-refractivity contribution is -0.132. The fraction of sp³-hybridized carbons (Fsp3) is 0.375. The second kappa shape index (κ2) is 6.89. The van der Waals surface area contributed by atoms with Gasteiger partial charge in [-0.15, -0.1) is 6.58 Å². The van der Waals surface area contributed by atoms with Crippen molar-refractivity contribution in [2.45, 2.75) is 25.9 Å². The van der Waals surface area contributed by atoms with E-state index >= 15 is 0 Å². The Morgan fingerprint density at radius 3 is 2.90 bits per heavy atom. The van der Waals surface area contributed by atoms with Gasteiger partial charge in [0.15, 0.2) is 6.10 Å². The van der Waals surface area contributed by atoms with Gasteiger partial charge in [-0.3, -0.25) is 4.79 Å². The van der Waals surface area contributed by atoms with Gasteiger partial charge in [-0.05, 0) is 5.56 Å². The zero-order valence-corrected chi connectivity index (χ0v) is 11.8. The molecule has 0 radical (unpaired) electrons. The van der Waals surface area contributed by atoms with E-state index < -0.39 is 0 Å². The van der Waals surface area contributed by atoms with Gasteiger partial charge >= 0.3 is 0 Å². The van der Waals surface area contributed by atoms with Crippen LogP contribution in [0.5, 0.6) is 0 Å². The van der Waals surface area contributed by atoms with Gasteiger partial charge in [-0.2, -0.15) is 0 Å². The Morgan fingerprint density at radius 1 is 1.50 bits per heavy atom. The molecule has 0 N–H and O–H groups in total. The summed E-state index contributed by atoms with van der Waals surface area (Å²) in [7, 11) is 0. The van der Waals surface area contributed by atoms with Gasteiger partial charge in [0.05, 0.1) is 12.3 Å². The monoisotopic (exact) mass is 272 g/mol. The zero-order valence-electron chi connectivity index (χ0n) is 11.8. The molecule has 20 heavy (non-hydrogen) atoms. The highest BCUT2D eigenvalue weighted by Gasteiger charge is 2.25. The van der Waals surface area contributed by atoms with Gasteiger partial charge < -0.3 is 9.74 Å². The molecular formula is C16H20N2O2. The van der Waals surface area contributed by atoms with Crippen LogP contribution >= 0.6 is 0 Å².